The summed E-state index contributed by atoms with van der Waals surface area (Å²) in [5.74, 6) is 1.22. The Balaban J connectivity index is 1.46. The quantitative estimate of drug-likeness (QED) is 0.515. The van der Waals surface area contributed by atoms with Crippen LogP contribution in [0.3, 0.4) is 0 Å². The lowest BCUT2D eigenvalue weighted by Gasteiger charge is -2.14. The van der Waals surface area contributed by atoms with E-state index in [0.29, 0.717) is 28.8 Å². The molecule has 29 heavy (non-hydrogen) atoms. The molecule has 0 aliphatic heterocycles. The van der Waals surface area contributed by atoms with Gasteiger partial charge in [0.1, 0.15) is 5.75 Å². The zero-order valence-corrected chi connectivity index (χ0v) is 15.8. The van der Waals surface area contributed by atoms with Crippen molar-refractivity contribution in [2.24, 2.45) is 0 Å². The smallest absolute Gasteiger partial charge is 0.265 e. The molecule has 6 nitrogen and oxygen atoms in total. The summed E-state index contributed by atoms with van der Waals surface area (Å²) in [6.45, 7) is 1.70. The summed E-state index contributed by atoms with van der Waals surface area (Å²) in [5.41, 5.74) is 2.19. The first-order valence-corrected chi connectivity index (χ1v) is 9.21. The highest BCUT2D eigenvalue weighted by Crippen LogP contribution is 2.25. The molecule has 0 fully saturated rings. The fraction of sp³-hybridized carbons (Fsp3) is 0.0870. The number of aromatic nitrogens is 2. The lowest BCUT2D eigenvalue weighted by molar-refractivity contribution is -0.122. The molecule has 0 radical (unpaired) electrons. The summed E-state index contributed by atoms with van der Waals surface area (Å²) in [6.07, 6.45) is -0.644. The number of carbonyl (C=O) groups excluding carboxylic acids is 1. The number of nitrogens with zero attached hydrogens (tertiary/aromatic N) is 2. The van der Waals surface area contributed by atoms with Crippen LogP contribution < -0.4 is 10.1 Å². The Kier molecular flexibility index (Phi) is 5.33. The Labute approximate surface area is 168 Å². The van der Waals surface area contributed by atoms with E-state index in [0.717, 1.165) is 5.56 Å². The van der Waals surface area contributed by atoms with Gasteiger partial charge in [-0.15, -0.1) is 10.2 Å². The van der Waals surface area contributed by atoms with Gasteiger partial charge in [0.2, 0.25) is 11.8 Å². The molecule has 0 bridgehead atoms. The molecule has 144 valence electrons. The molecule has 6 heteroatoms. The van der Waals surface area contributed by atoms with E-state index in [1.807, 2.05) is 72.8 Å². The van der Waals surface area contributed by atoms with Gasteiger partial charge < -0.3 is 14.5 Å². The van der Waals surface area contributed by atoms with E-state index in [4.69, 9.17) is 9.15 Å². The molecule has 0 saturated heterocycles. The molecule has 4 rings (SSSR count). The minimum absolute atomic E-state index is 0.249. The lowest BCUT2D eigenvalue weighted by atomic mass is 10.2. The first kappa shape index (κ1) is 18.4. The number of para-hydroxylation sites is 1. The van der Waals surface area contributed by atoms with Crippen LogP contribution >= 0.6 is 0 Å². The predicted molar refractivity (Wildman–Crippen MR) is 110 cm³/mol. The Morgan fingerprint density at radius 3 is 2.21 bits per heavy atom. The van der Waals surface area contributed by atoms with Gasteiger partial charge in [-0.25, -0.2) is 0 Å². The summed E-state index contributed by atoms with van der Waals surface area (Å²) in [7, 11) is 0. The number of amides is 1. The molecular formula is C23H19N3O3. The maximum Gasteiger partial charge on any atom is 0.265 e. The Morgan fingerprint density at radius 2 is 1.48 bits per heavy atom. The molecule has 1 amide bonds. The SMILES string of the molecule is C[C@@H](Oc1ccccc1)C(=O)Nc1cccc(-c2nnc(-c3ccccc3)o2)c1. The third-order valence-electron chi connectivity index (χ3n) is 4.25. The number of anilines is 1. The van der Waals surface area contributed by atoms with Gasteiger partial charge in [0.15, 0.2) is 6.10 Å². The van der Waals surface area contributed by atoms with E-state index in [1.165, 1.54) is 0 Å². The fourth-order valence-corrected chi connectivity index (χ4v) is 2.77. The molecule has 4 aromatic rings. The number of hydrogen-bond donors (Lipinski definition) is 1. The fourth-order valence-electron chi connectivity index (χ4n) is 2.77. The number of ether oxygens (including phenoxy) is 1. The molecule has 0 aliphatic rings. The lowest BCUT2D eigenvalue weighted by Crippen LogP contribution is -2.30. The summed E-state index contributed by atoms with van der Waals surface area (Å²) < 4.78 is 11.4. The summed E-state index contributed by atoms with van der Waals surface area (Å²) in [6, 6.07) is 26.0. The largest absolute Gasteiger partial charge is 0.481 e. The Hall–Kier alpha value is -3.93. The summed E-state index contributed by atoms with van der Waals surface area (Å²) in [5, 5.41) is 11.1. The third-order valence-corrected chi connectivity index (χ3v) is 4.25. The van der Waals surface area contributed by atoms with Crippen LogP contribution in [0.2, 0.25) is 0 Å². The Morgan fingerprint density at radius 1 is 0.862 bits per heavy atom. The number of hydrogen-bond acceptors (Lipinski definition) is 5. The van der Waals surface area contributed by atoms with Crippen LogP contribution in [0.15, 0.2) is 89.3 Å². The zero-order valence-electron chi connectivity index (χ0n) is 15.8. The van der Waals surface area contributed by atoms with Crippen molar-refractivity contribution in [2.75, 3.05) is 5.32 Å². The average molecular weight is 385 g/mol. The van der Waals surface area contributed by atoms with Crippen LogP contribution in [0.1, 0.15) is 6.92 Å². The number of nitrogens with one attached hydrogen (secondary N) is 1. The second-order valence-electron chi connectivity index (χ2n) is 6.42. The van der Waals surface area contributed by atoms with E-state index < -0.39 is 6.10 Å². The highest BCUT2D eigenvalue weighted by molar-refractivity contribution is 5.94. The van der Waals surface area contributed by atoms with Crippen LogP contribution in [0, 0.1) is 0 Å². The molecular weight excluding hydrogens is 366 g/mol. The van der Waals surface area contributed by atoms with Gasteiger partial charge >= 0.3 is 0 Å². The van der Waals surface area contributed by atoms with Crippen LogP contribution in [-0.4, -0.2) is 22.2 Å². The second kappa shape index (κ2) is 8.39. The molecule has 3 aromatic carbocycles. The van der Waals surface area contributed by atoms with Gasteiger partial charge in [0.25, 0.3) is 5.91 Å². The van der Waals surface area contributed by atoms with Crippen LogP contribution in [0.4, 0.5) is 5.69 Å². The maximum absolute atomic E-state index is 12.5. The van der Waals surface area contributed by atoms with Gasteiger partial charge in [-0.1, -0.05) is 42.5 Å². The standard InChI is InChI=1S/C23H19N3O3/c1-16(28-20-13-6-3-7-14-20)21(27)24-19-12-8-11-18(15-19)23-26-25-22(29-23)17-9-4-2-5-10-17/h2-16H,1H3,(H,24,27)/t16-/m1/s1. The molecule has 0 aliphatic carbocycles. The molecule has 0 unspecified atom stereocenters. The third kappa shape index (κ3) is 4.50. The van der Waals surface area contributed by atoms with Gasteiger partial charge in [0, 0.05) is 16.8 Å². The second-order valence-corrected chi connectivity index (χ2v) is 6.42. The van der Waals surface area contributed by atoms with Crippen LogP contribution in [0.5, 0.6) is 5.75 Å². The summed E-state index contributed by atoms with van der Waals surface area (Å²) in [4.78, 5) is 12.5. The van der Waals surface area contributed by atoms with E-state index in [1.54, 1.807) is 19.1 Å². The van der Waals surface area contributed by atoms with Crippen molar-refractivity contribution in [1.82, 2.24) is 10.2 Å². The van der Waals surface area contributed by atoms with Crippen LogP contribution in [0.25, 0.3) is 22.9 Å². The molecule has 0 saturated carbocycles. The van der Waals surface area contributed by atoms with Gasteiger partial charge in [0.05, 0.1) is 0 Å². The van der Waals surface area contributed by atoms with Crippen molar-refractivity contribution in [1.29, 1.82) is 0 Å². The molecule has 0 spiro atoms. The number of benzene rings is 3. The summed E-state index contributed by atoms with van der Waals surface area (Å²) >= 11 is 0. The molecule has 1 atom stereocenters. The van der Waals surface area contributed by atoms with Gasteiger partial charge in [-0.3, -0.25) is 4.79 Å². The van der Waals surface area contributed by atoms with Crippen molar-refractivity contribution in [3.05, 3.63) is 84.9 Å². The number of carbonyl (C=O) groups is 1. The first-order chi connectivity index (χ1) is 14.2. The highest BCUT2D eigenvalue weighted by Gasteiger charge is 2.16. The number of rotatable bonds is 6. The molecule has 1 N–H and O–H groups in total. The van der Waals surface area contributed by atoms with E-state index in [-0.39, 0.29) is 5.91 Å². The zero-order chi connectivity index (χ0) is 20.1. The minimum atomic E-state index is -0.644. The van der Waals surface area contributed by atoms with Crippen molar-refractivity contribution < 1.29 is 13.9 Å². The highest BCUT2D eigenvalue weighted by atomic mass is 16.5. The van der Waals surface area contributed by atoms with E-state index in [2.05, 4.69) is 15.5 Å². The van der Waals surface area contributed by atoms with Crippen molar-refractivity contribution in [3.8, 4) is 28.7 Å². The molecule has 1 heterocycles. The minimum Gasteiger partial charge on any atom is -0.481 e. The van der Waals surface area contributed by atoms with E-state index >= 15 is 0 Å². The van der Waals surface area contributed by atoms with Crippen molar-refractivity contribution in [3.63, 3.8) is 0 Å². The molecule has 1 aromatic heterocycles. The normalized spacial score (nSPS) is 11.6. The maximum atomic E-state index is 12.5. The van der Waals surface area contributed by atoms with Crippen LogP contribution in [-0.2, 0) is 4.79 Å². The Bertz CT molecular complexity index is 1090. The van der Waals surface area contributed by atoms with E-state index in [9.17, 15) is 4.79 Å². The topological polar surface area (TPSA) is 77.2 Å². The predicted octanol–water partition coefficient (Wildman–Crippen LogP) is 4.81. The van der Waals surface area contributed by atoms with Crippen molar-refractivity contribution >= 4 is 11.6 Å². The monoisotopic (exact) mass is 385 g/mol. The first-order valence-electron chi connectivity index (χ1n) is 9.21. The van der Waals surface area contributed by atoms with Gasteiger partial charge in [-0.05, 0) is 49.4 Å². The van der Waals surface area contributed by atoms with Gasteiger partial charge in [-0.2, -0.15) is 0 Å². The average Bonchev–Trinajstić information content (AvgIpc) is 3.26. The van der Waals surface area contributed by atoms with Crippen molar-refractivity contribution in [2.45, 2.75) is 13.0 Å².